The zero-order valence-corrected chi connectivity index (χ0v) is 8.87. The number of carboxylic acids is 1. The van der Waals surface area contributed by atoms with Gasteiger partial charge in [0.25, 0.3) is 0 Å². The van der Waals surface area contributed by atoms with Crippen molar-refractivity contribution in [1.29, 1.82) is 0 Å². The summed E-state index contributed by atoms with van der Waals surface area (Å²) in [7, 11) is 0. The average Bonchev–Trinajstić information content (AvgIpc) is 2.33. The number of carbonyl (C=O) groups is 1. The van der Waals surface area contributed by atoms with Gasteiger partial charge < -0.3 is 15.2 Å². The van der Waals surface area contributed by atoms with E-state index < -0.39 is 29.3 Å². The summed E-state index contributed by atoms with van der Waals surface area (Å²) in [6.45, 7) is 1.59. The molecule has 1 aromatic carbocycles. The van der Waals surface area contributed by atoms with Gasteiger partial charge in [-0.25, -0.2) is 13.6 Å². The Bertz CT molecular complexity index is 445. The second-order valence-electron chi connectivity index (χ2n) is 3.73. The van der Waals surface area contributed by atoms with Crippen LogP contribution in [0.1, 0.15) is 22.0 Å². The van der Waals surface area contributed by atoms with Gasteiger partial charge in [-0.3, -0.25) is 0 Å². The molecule has 2 N–H and O–H groups in total. The van der Waals surface area contributed by atoms with Gasteiger partial charge in [0, 0.05) is 13.1 Å². The Balaban J connectivity index is 2.37. The first-order chi connectivity index (χ1) is 8.09. The Labute approximate surface area is 96.2 Å². The van der Waals surface area contributed by atoms with Gasteiger partial charge in [0.15, 0.2) is 11.6 Å². The van der Waals surface area contributed by atoms with Gasteiger partial charge in [-0.05, 0) is 17.7 Å². The number of hydrogen-bond acceptors (Lipinski definition) is 3. The Kier molecular flexibility index (Phi) is 3.35. The molecule has 0 aliphatic carbocycles. The monoisotopic (exact) mass is 243 g/mol. The molecule has 1 aliphatic rings. The fraction of sp³-hybridized carbons (Fsp3) is 0.364. The van der Waals surface area contributed by atoms with Crippen LogP contribution in [0.3, 0.4) is 0 Å². The number of halogens is 2. The number of hydrogen-bond donors (Lipinski definition) is 2. The third kappa shape index (κ3) is 2.42. The number of morpholine rings is 1. The summed E-state index contributed by atoms with van der Waals surface area (Å²) < 4.78 is 31.8. The van der Waals surface area contributed by atoms with Crippen LogP contribution in [0.2, 0.25) is 0 Å². The second-order valence-corrected chi connectivity index (χ2v) is 3.73. The van der Waals surface area contributed by atoms with Crippen LogP contribution in [-0.2, 0) is 4.74 Å². The minimum atomic E-state index is -1.49. The van der Waals surface area contributed by atoms with Crippen molar-refractivity contribution in [1.82, 2.24) is 5.32 Å². The van der Waals surface area contributed by atoms with E-state index in [-0.39, 0.29) is 0 Å². The van der Waals surface area contributed by atoms with Crippen molar-refractivity contribution in [2.45, 2.75) is 6.10 Å². The van der Waals surface area contributed by atoms with Crippen molar-refractivity contribution < 1.29 is 23.4 Å². The van der Waals surface area contributed by atoms with E-state index in [2.05, 4.69) is 5.32 Å². The number of carboxylic acid groups (broad SMARTS) is 1. The maximum Gasteiger partial charge on any atom is 0.338 e. The molecule has 0 radical (unpaired) electrons. The molecule has 92 valence electrons. The lowest BCUT2D eigenvalue weighted by molar-refractivity contribution is 0.0273. The van der Waals surface area contributed by atoms with Gasteiger partial charge in [0.1, 0.15) is 0 Å². The van der Waals surface area contributed by atoms with Crippen molar-refractivity contribution >= 4 is 5.97 Å². The first-order valence-corrected chi connectivity index (χ1v) is 5.14. The highest BCUT2D eigenvalue weighted by molar-refractivity contribution is 5.88. The molecular weight excluding hydrogens is 232 g/mol. The van der Waals surface area contributed by atoms with E-state index in [4.69, 9.17) is 9.84 Å². The van der Waals surface area contributed by atoms with Crippen LogP contribution in [0.4, 0.5) is 8.78 Å². The Hall–Kier alpha value is -1.53. The van der Waals surface area contributed by atoms with Crippen LogP contribution in [0.15, 0.2) is 12.1 Å². The van der Waals surface area contributed by atoms with E-state index in [1.165, 1.54) is 0 Å². The molecule has 17 heavy (non-hydrogen) atoms. The summed E-state index contributed by atoms with van der Waals surface area (Å²) in [6.07, 6.45) is -0.447. The largest absolute Gasteiger partial charge is 0.478 e. The number of nitrogens with one attached hydrogen (secondary N) is 1. The predicted octanol–water partition coefficient (Wildman–Crippen LogP) is 1.32. The highest BCUT2D eigenvalue weighted by atomic mass is 19.2. The molecule has 1 heterocycles. The van der Waals surface area contributed by atoms with Gasteiger partial charge in [-0.2, -0.15) is 0 Å². The summed E-state index contributed by atoms with van der Waals surface area (Å²) in [4.78, 5) is 10.7. The molecule has 1 fully saturated rings. The van der Waals surface area contributed by atoms with Gasteiger partial charge in [0.05, 0.1) is 18.3 Å². The highest BCUT2D eigenvalue weighted by Gasteiger charge is 2.22. The van der Waals surface area contributed by atoms with Crippen LogP contribution in [0.25, 0.3) is 0 Å². The molecule has 2 rings (SSSR count). The number of aromatic carboxylic acids is 1. The Morgan fingerprint density at radius 1 is 1.47 bits per heavy atom. The molecular formula is C11H11F2NO3. The van der Waals surface area contributed by atoms with Crippen LogP contribution in [0.5, 0.6) is 0 Å². The average molecular weight is 243 g/mol. The molecule has 4 nitrogen and oxygen atoms in total. The van der Waals surface area contributed by atoms with E-state index in [0.29, 0.717) is 25.3 Å². The molecule has 1 unspecified atom stereocenters. The fourth-order valence-electron chi connectivity index (χ4n) is 1.73. The van der Waals surface area contributed by atoms with Crippen molar-refractivity contribution in [3.8, 4) is 0 Å². The van der Waals surface area contributed by atoms with E-state index in [1.54, 1.807) is 0 Å². The third-order valence-electron chi connectivity index (χ3n) is 2.58. The quantitative estimate of drug-likeness (QED) is 0.822. The standard InChI is InChI=1S/C11H11F2NO3/c12-8-4-6(9-5-14-1-2-17-9)3-7(10(8)13)11(15)16/h3-4,9,14H,1-2,5H2,(H,15,16). The van der Waals surface area contributed by atoms with Gasteiger partial charge in [-0.15, -0.1) is 0 Å². The van der Waals surface area contributed by atoms with E-state index in [9.17, 15) is 13.6 Å². The molecule has 1 atom stereocenters. The van der Waals surface area contributed by atoms with Gasteiger partial charge >= 0.3 is 5.97 Å². The molecule has 1 aliphatic heterocycles. The van der Waals surface area contributed by atoms with Crippen molar-refractivity contribution in [3.05, 3.63) is 34.9 Å². The fourth-order valence-corrected chi connectivity index (χ4v) is 1.73. The predicted molar refractivity (Wildman–Crippen MR) is 54.9 cm³/mol. The minimum absolute atomic E-state index is 0.327. The van der Waals surface area contributed by atoms with Crippen LogP contribution >= 0.6 is 0 Å². The summed E-state index contributed by atoms with van der Waals surface area (Å²) in [5.41, 5.74) is -0.345. The topological polar surface area (TPSA) is 58.6 Å². The lowest BCUT2D eigenvalue weighted by Gasteiger charge is -2.24. The van der Waals surface area contributed by atoms with Crippen molar-refractivity contribution in [2.24, 2.45) is 0 Å². The number of benzene rings is 1. The summed E-state index contributed by atoms with van der Waals surface area (Å²) in [5, 5.41) is 11.8. The summed E-state index contributed by atoms with van der Waals surface area (Å²) in [5.74, 6) is -4.01. The maximum atomic E-state index is 13.2. The molecule has 0 saturated carbocycles. The summed E-state index contributed by atoms with van der Waals surface area (Å²) >= 11 is 0. The van der Waals surface area contributed by atoms with Gasteiger partial charge in [0.2, 0.25) is 0 Å². The van der Waals surface area contributed by atoms with E-state index >= 15 is 0 Å². The molecule has 0 amide bonds. The Morgan fingerprint density at radius 3 is 2.82 bits per heavy atom. The smallest absolute Gasteiger partial charge is 0.338 e. The van der Waals surface area contributed by atoms with Gasteiger partial charge in [-0.1, -0.05) is 0 Å². The zero-order chi connectivity index (χ0) is 12.4. The third-order valence-corrected chi connectivity index (χ3v) is 2.58. The second kappa shape index (κ2) is 4.77. The van der Waals surface area contributed by atoms with E-state index in [1.807, 2.05) is 0 Å². The summed E-state index contributed by atoms with van der Waals surface area (Å²) in [6, 6.07) is 2.08. The molecule has 0 aromatic heterocycles. The normalized spacial score (nSPS) is 20.2. The highest BCUT2D eigenvalue weighted by Crippen LogP contribution is 2.23. The van der Waals surface area contributed by atoms with Crippen molar-refractivity contribution in [3.63, 3.8) is 0 Å². The van der Waals surface area contributed by atoms with Crippen LogP contribution in [-0.4, -0.2) is 30.8 Å². The number of ether oxygens (including phenoxy) is 1. The molecule has 0 bridgehead atoms. The maximum absolute atomic E-state index is 13.2. The molecule has 6 heteroatoms. The Morgan fingerprint density at radius 2 is 2.24 bits per heavy atom. The zero-order valence-electron chi connectivity index (χ0n) is 8.87. The lowest BCUT2D eigenvalue weighted by atomic mass is 10.0. The number of rotatable bonds is 2. The van der Waals surface area contributed by atoms with Crippen LogP contribution in [0, 0.1) is 11.6 Å². The SMILES string of the molecule is O=C(O)c1cc(C2CNCCO2)cc(F)c1F. The minimum Gasteiger partial charge on any atom is -0.478 e. The van der Waals surface area contributed by atoms with E-state index in [0.717, 1.165) is 12.1 Å². The molecule has 1 saturated heterocycles. The van der Waals surface area contributed by atoms with Crippen LogP contribution < -0.4 is 5.32 Å². The molecule has 1 aromatic rings. The first-order valence-electron chi connectivity index (χ1n) is 5.14. The first kappa shape index (κ1) is 11.9. The van der Waals surface area contributed by atoms with Crippen molar-refractivity contribution in [2.75, 3.05) is 19.7 Å². The molecule has 0 spiro atoms. The lowest BCUT2D eigenvalue weighted by Crippen LogP contribution is -2.33.